The van der Waals surface area contributed by atoms with Crippen LogP contribution in [0.15, 0.2) is 77.7 Å². The van der Waals surface area contributed by atoms with Crippen molar-refractivity contribution < 1.29 is 14.4 Å². The molecule has 0 saturated carbocycles. The number of nitrogens with one attached hydrogen (secondary N) is 1. The van der Waals surface area contributed by atoms with E-state index in [4.69, 9.17) is 0 Å². The van der Waals surface area contributed by atoms with Gasteiger partial charge in [0.15, 0.2) is 5.65 Å². The van der Waals surface area contributed by atoms with Gasteiger partial charge in [-0.2, -0.15) is 0 Å². The maximum absolute atomic E-state index is 12.9. The summed E-state index contributed by atoms with van der Waals surface area (Å²) in [6.07, 6.45) is 2.73. The van der Waals surface area contributed by atoms with Gasteiger partial charge in [0.25, 0.3) is 17.7 Å². The summed E-state index contributed by atoms with van der Waals surface area (Å²) in [5.74, 6) is -1.08. The van der Waals surface area contributed by atoms with E-state index in [1.807, 2.05) is 36.4 Å². The highest BCUT2D eigenvalue weighted by molar-refractivity contribution is 6.22. The fraction of sp³-hybridized carbons (Fsp3) is 0.192. The van der Waals surface area contributed by atoms with E-state index in [0.717, 1.165) is 5.56 Å². The lowest BCUT2D eigenvalue weighted by molar-refractivity contribution is 0.0656. The number of hydrogen-bond donors (Lipinski definition) is 1. The zero-order valence-electron chi connectivity index (χ0n) is 18.9. The summed E-state index contributed by atoms with van der Waals surface area (Å²) >= 11 is 0. The van der Waals surface area contributed by atoms with Crippen molar-refractivity contribution in [3.8, 4) is 0 Å². The minimum Gasteiger partial charge on any atom is -0.352 e. The maximum Gasteiger partial charge on any atom is 0.350 e. The Bertz CT molecular complexity index is 1490. The van der Waals surface area contributed by atoms with Crippen LogP contribution in [0.3, 0.4) is 0 Å². The van der Waals surface area contributed by atoms with Crippen LogP contribution in [0, 0.1) is 0 Å². The zero-order chi connectivity index (χ0) is 24.4. The van der Waals surface area contributed by atoms with Crippen molar-refractivity contribution in [3.05, 3.63) is 106 Å². The molecule has 2 aromatic carbocycles. The lowest BCUT2D eigenvalue weighted by atomic mass is 10.1. The molecule has 3 amide bonds. The predicted molar refractivity (Wildman–Crippen MR) is 128 cm³/mol. The Balaban J connectivity index is 1.18. The highest BCUT2D eigenvalue weighted by atomic mass is 16.2. The molecule has 9 nitrogen and oxygen atoms in total. The molecule has 1 N–H and O–H groups in total. The van der Waals surface area contributed by atoms with Gasteiger partial charge in [0.05, 0.1) is 11.1 Å². The highest BCUT2D eigenvalue weighted by Gasteiger charge is 2.35. The molecule has 1 aliphatic heterocycles. The van der Waals surface area contributed by atoms with E-state index in [0.29, 0.717) is 42.7 Å². The maximum atomic E-state index is 12.9. The number of pyridine rings is 1. The number of carbonyl (C=O) groups is 3. The molecule has 0 aliphatic carbocycles. The number of rotatable bonds is 8. The number of hydrogen-bond acceptors (Lipinski definition) is 5. The summed E-state index contributed by atoms with van der Waals surface area (Å²) in [5, 5.41) is 7.06. The second-order valence-electron chi connectivity index (χ2n) is 8.30. The lowest BCUT2D eigenvalue weighted by Crippen LogP contribution is -2.31. The molecule has 0 spiro atoms. The Morgan fingerprint density at radius 2 is 1.63 bits per heavy atom. The smallest absolute Gasteiger partial charge is 0.350 e. The van der Waals surface area contributed by atoms with Crippen LogP contribution in [0.4, 0.5) is 0 Å². The van der Waals surface area contributed by atoms with Gasteiger partial charge in [-0.25, -0.2) is 9.48 Å². The van der Waals surface area contributed by atoms with Crippen molar-refractivity contribution in [1.82, 2.24) is 24.4 Å². The normalized spacial score (nSPS) is 12.9. The van der Waals surface area contributed by atoms with Crippen molar-refractivity contribution in [3.63, 3.8) is 0 Å². The van der Waals surface area contributed by atoms with Crippen molar-refractivity contribution in [2.24, 2.45) is 0 Å². The molecule has 0 saturated heterocycles. The number of benzene rings is 2. The predicted octanol–water partition coefficient (Wildman–Crippen LogP) is 2.15. The van der Waals surface area contributed by atoms with Crippen molar-refractivity contribution in [1.29, 1.82) is 0 Å². The van der Waals surface area contributed by atoms with Crippen LogP contribution in [0.5, 0.6) is 0 Å². The summed E-state index contributed by atoms with van der Waals surface area (Å²) in [4.78, 5) is 51.7. The van der Waals surface area contributed by atoms with E-state index in [1.165, 1.54) is 26.1 Å². The van der Waals surface area contributed by atoms with E-state index in [9.17, 15) is 19.2 Å². The molecule has 0 radical (unpaired) electrons. The van der Waals surface area contributed by atoms with Crippen LogP contribution >= 0.6 is 0 Å². The van der Waals surface area contributed by atoms with Gasteiger partial charge in [-0.15, -0.1) is 5.10 Å². The minimum absolute atomic E-state index is 0.231. The number of nitrogens with zero attached hydrogens (tertiary/aromatic N) is 4. The third kappa shape index (κ3) is 4.35. The summed E-state index contributed by atoms with van der Waals surface area (Å²) in [6.45, 7) is 0.959. The number of aryl methyl sites for hydroxylation is 1. The quantitative estimate of drug-likeness (QED) is 0.314. The first-order chi connectivity index (χ1) is 17.0. The molecule has 0 atom stereocenters. The SMILES string of the molecule is O=C(NCCCn1nc2ccccn2c1=O)c1ccc2c(c1)C(=O)N(CCc1ccccc1)C2=O. The molecule has 5 rings (SSSR count). The summed E-state index contributed by atoms with van der Waals surface area (Å²) in [7, 11) is 0. The molecule has 3 heterocycles. The Morgan fingerprint density at radius 3 is 2.43 bits per heavy atom. The average molecular weight is 470 g/mol. The molecule has 0 unspecified atom stereocenters. The van der Waals surface area contributed by atoms with Crippen LogP contribution in [0.1, 0.15) is 43.1 Å². The highest BCUT2D eigenvalue weighted by Crippen LogP contribution is 2.24. The number of carbonyl (C=O) groups excluding carboxylic acids is 3. The molecule has 1 aliphatic rings. The molecule has 35 heavy (non-hydrogen) atoms. The first-order valence-electron chi connectivity index (χ1n) is 11.4. The van der Waals surface area contributed by atoms with Gasteiger partial charge < -0.3 is 5.32 Å². The molecule has 0 fully saturated rings. The summed E-state index contributed by atoms with van der Waals surface area (Å²) in [5.41, 5.74) is 2.23. The molecule has 4 aromatic rings. The van der Waals surface area contributed by atoms with Gasteiger partial charge in [0.1, 0.15) is 0 Å². The molecular weight excluding hydrogens is 446 g/mol. The van der Waals surface area contributed by atoms with E-state index in [1.54, 1.807) is 24.4 Å². The van der Waals surface area contributed by atoms with E-state index < -0.39 is 0 Å². The summed E-state index contributed by atoms with van der Waals surface area (Å²) in [6, 6.07) is 19.5. The van der Waals surface area contributed by atoms with Crippen molar-refractivity contribution in [2.45, 2.75) is 19.4 Å². The molecule has 9 heteroatoms. The number of fused-ring (bicyclic) bond motifs is 2. The van der Waals surface area contributed by atoms with Gasteiger partial charge >= 0.3 is 5.69 Å². The largest absolute Gasteiger partial charge is 0.352 e. The second kappa shape index (κ2) is 9.38. The number of imide groups is 1. The Kier molecular flexibility index (Phi) is 5.97. The van der Waals surface area contributed by atoms with Gasteiger partial charge in [-0.05, 0) is 48.7 Å². The molecular formula is C26H23N5O4. The third-order valence-electron chi connectivity index (χ3n) is 6.02. The third-order valence-corrected chi connectivity index (χ3v) is 6.02. The number of amides is 3. The Hall–Kier alpha value is -4.53. The monoisotopic (exact) mass is 469 g/mol. The second-order valence-corrected chi connectivity index (χ2v) is 8.30. The number of aromatic nitrogens is 3. The fourth-order valence-electron chi connectivity index (χ4n) is 4.17. The zero-order valence-corrected chi connectivity index (χ0v) is 18.9. The van der Waals surface area contributed by atoms with Crippen LogP contribution in [0.2, 0.25) is 0 Å². The first-order valence-corrected chi connectivity index (χ1v) is 11.4. The van der Waals surface area contributed by atoms with E-state index in [2.05, 4.69) is 10.4 Å². The van der Waals surface area contributed by atoms with Crippen molar-refractivity contribution >= 4 is 23.4 Å². The minimum atomic E-state index is -0.387. The average Bonchev–Trinajstić information content (AvgIpc) is 3.33. The fourth-order valence-corrected chi connectivity index (χ4v) is 4.17. The Morgan fingerprint density at radius 1 is 0.857 bits per heavy atom. The van der Waals surface area contributed by atoms with Gasteiger partial charge in [0.2, 0.25) is 0 Å². The molecule has 176 valence electrons. The van der Waals surface area contributed by atoms with Crippen LogP contribution in [-0.2, 0) is 13.0 Å². The van der Waals surface area contributed by atoms with Gasteiger partial charge in [0, 0.05) is 31.4 Å². The van der Waals surface area contributed by atoms with E-state index in [-0.39, 0.29) is 35.5 Å². The van der Waals surface area contributed by atoms with E-state index >= 15 is 0 Å². The lowest BCUT2D eigenvalue weighted by Gasteiger charge is -2.13. The Labute approximate surface area is 200 Å². The van der Waals surface area contributed by atoms with Crippen LogP contribution in [0.25, 0.3) is 5.65 Å². The summed E-state index contributed by atoms with van der Waals surface area (Å²) < 4.78 is 2.83. The standard InChI is InChI=1S/C26H23N5O4/c32-23(27-13-6-15-31-26(35)29-14-5-4-9-22(29)28-31)19-10-11-20-21(17-19)25(34)30(24(20)33)16-12-18-7-2-1-3-8-18/h1-5,7-11,14,17H,6,12-13,15-16H2,(H,27,32). The first kappa shape index (κ1) is 22.3. The van der Waals surface area contributed by atoms with Gasteiger partial charge in [-0.1, -0.05) is 36.4 Å². The molecule has 0 bridgehead atoms. The topological polar surface area (TPSA) is 106 Å². The van der Waals surface area contributed by atoms with Crippen LogP contribution in [-0.4, -0.2) is 49.9 Å². The molecule has 2 aromatic heterocycles. The van der Waals surface area contributed by atoms with Gasteiger partial charge in [-0.3, -0.25) is 23.7 Å². The van der Waals surface area contributed by atoms with Crippen molar-refractivity contribution in [2.75, 3.05) is 13.1 Å². The van der Waals surface area contributed by atoms with Crippen LogP contribution < -0.4 is 11.0 Å².